The Bertz CT molecular complexity index is 908. The Morgan fingerprint density at radius 2 is 2.07 bits per heavy atom. The largest absolute Gasteiger partial charge is 0.391 e. The number of rotatable bonds is 4. The highest BCUT2D eigenvalue weighted by Crippen LogP contribution is 2.35. The zero-order valence-electron chi connectivity index (χ0n) is 17.0. The molecule has 156 valence electrons. The van der Waals surface area contributed by atoms with E-state index in [2.05, 4.69) is 15.6 Å². The predicted molar refractivity (Wildman–Crippen MR) is 109 cm³/mol. The molecule has 1 fully saturated rings. The van der Waals surface area contributed by atoms with E-state index in [1.165, 1.54) is 16.6 Å². The average Bonchev–Trinajstić information content (AvgIpc) is 3.27. The van der Waals surface area contributed by atoms with Gasteiger partial charge in [-0.3, -0.25) is 9.59 Å². The number of aliphatic hydroxyl groups is 1. The van der Waals surface area contributed by atoms with Crippen molar-refractivity contribution in [2.45, 2.75) is 45.4 Å². The van der Waals surface area contributed by atoms with Crippen molar-refractivity contribution < 1.29 is 14.7 Å². The zero-order chi connectivity index (χ0) is 21.3. The molecule has 1 aliphatic rings. The first-order chi connectivity index (χ1) is 13.6. The molecule has 1 aromatic heterocycles. The van der Waals surface area contributed by atoms with Crippen molar-refractivity contribution in [1.82, 2.24) is 25.2 Å². The van der Waals surface area contributed by atoms with Gasteiger partial charge in [-0.15, -0.1) is 5.10 Å². The number of nitrogens with one attached hydrogen (secondary N) is 1. The Labute approximate surface area is 174 Å². The van der Waals surface area contributed by atoms with E-state index in [1.54, 1.807) is 18.3 Å². The summed E-state index contributed by atoms with van der Waals surface area (Å²) in [5, 5.41) is 21.6. The van der Waals surface area contributed by atoms with Crippen LogP contribution in [0.3, 0.4) is 0 Å². The van der Waals surface area contributed by atoms with Gasteiger partial charge in [0.25, 0.3) is 0 Å². The molecule has 1 aromatic carbocycles. The van der Waals surface area contributed by atoms with Gasteiger partial charge in [0.2, 0.25) is 11.8 Å². The summed E-state index contributed by atoms with van der Waals surface area (Å²) >= 11 is 6.07. The zero-order valence-corrected chi connectivity index (χ0v) is 17.7. The molecule has 0 radical (unpaired) electrons. The van der Waals surface area contributed by atoms with E-state index >= 15 is 0 Å². The fraction of sp³-hybridized carbons (Fsp3) is 0.500. The molecule has 2 unspecified atom stereocenters. The summed E-state index contributed by atoms with van der Waals surface area (Å²) in [5.41, 5.74) is 0.888. The second-order valence-corrected chi connectivity index (χ2v) is 8.81. The quantitative estimate of drug-likeness (QED) is 0.788. The second-order valence-electron chi connectivity index (χ2n) is 8.37. The highest BCUT2D eigenvalue weighted by molar-refractivity contribution is 6.30. The summed E-state index contributed by atoms with van der Waals surface area (Å²) < 4.78 is 1.53. The molecule has 3 rings (SSSR count). The number of benzene rings is 1. The lowest BCUT2D eigenvalue weighted by atomic mass is 9.85. The maximum Gasteiger partial charge on any atom is 0.248 e. The lowest BCUT2D eigenvalue weighted by Crippen LogP contribution is -2.49. The molecule has 2 amide bonds. The fourth-order valence-electron chi connectivity index (χ4n) is 3.69. The molecule has 9 heteroatoms. The lowest BCUT2D eigenvalue weighted by Gasteiger charge is -2.34. The molecule has 2 aromatic rings. The van der Waals surface area contributed by atoms with Crippen LogP contribution in [-0.4, -0.2) is 62.6 Å². The minimum absolute atomic E-state index is 0.110. The van der Waals surface area contributed by atoms with Gasteiger partial charge in [0.15, 0.2) is 0 Å². The van der Waals surface area contributed by atoms with E-state index in [0.717, 1.165) is 5.56 Å². The number of β-amino-alcohol motifs (C(OH)–C–C–N with tert-alkyl or cyclic N) is 1. The number of hydrogen-bond acceptors (Lipinski definition) is 5. The van der Waals surface area contributed by atoms with E-state index < -0.39 is 23.6 Å². The van der Waals surface area contributed by atoms with Crippen LogP contribution in [0, 0.1) is 5.41 Å². The first-order valence-corrected chi connectivity index (χ1v) is 9.87. The molecule has 0 aliphatic carbocycles. The third kappa shape index (κ3) is 4.43. The molecule has 0 spiro atoms. The SMILES string of the molecule is CNC(=O)[C@H]1CC(O)CN1C(=O)C(n1cc(-c2cccc(Cl)c2)nn1)C(C)(C)C. The highest BCUT2D eigenvalue weighted by atomic mass is 35.5. The molecule has 1 aliphatic heterocycles. The summed E-state index contributed by atoms with van der Waals surface area (Å²) in [4.78, 5) is 27.2. The topological polar surface area (TPSA) is 100 Å². The van der Waals surface area contributed by atoms with Crippen LogP contribution in [0.2, 0.25) is 5.02 Å². The molecular formula is C20H26ClN5O3. The van der Waals surface area contributed by atoms with Gasteiger partial charge in [-0.2, -0.15) is 0 Å². The molecule has 2 N–H and O–H groups in total. The summed E-state index contributed by atoms with van der Waals surface area (Å²) in [5.74, 6) is -0.564. The Hall–Kier alpha value is -2.45. The lowest BCUT2D eigenvalue weighted by molar-refractivity contribution is -0.144. The van der Waals surface area contributed by atoms with Gasteiger partial charge in [0.05, 0.1) is 12.3 Å². The number of halogens is 1. The predicted octanol–water partition coefficient (Wildman–Crippen LogP) is 1.89. The number of likely N-dealkylation sites (tertiary alicyclic amines) is 1. The van der Waals surface area contributed by atoms with E-state index in [4.69, 9.17) is 11.6 Å². The Morgan fingerprint density at radius 1 is 1.34 bits per heavy atom. The number of carbonyl (C=O) groups excluding carboxylic acids is 2. The van der Waals surface area contributed by atoms with E-state index in [-0.39, 0.29) is 24.8 Å². The number of likely N-dealkylation sites (N-methyl/N-ethyl adjacent to an activating group) is 1. The van der Waals surface area contributed by atoms with Crippen LogP contribution in [0.4, 0.5) is 0 Å². The first-order valence-electron chi connectivity index (χ1n) is 9.49. The summed E-state index contributed by atoms with van der Waals surface area (Å²) in [7, 11) is 1.52. The van der Waals surface area contributed by atoms with Crippen molar-refractivity contribution in [3.05, 3.63) is 35.5 Å². The summed E-state index contributed by atoms with van der Waals surface area (Å²) in [6.07, 6.45) is 1.19. The van der Waals surface area contributed by atoms with Crippen LogP contribution in [-0.2, 0) is 9.59 Å². The Kier molecular flexibility index (Phi) is 5.95. The van der Waals surface area contributed by atoms with Gasteiger partial charge in [-0.05, 0) is 17.5 Å². The summed E-state index contributed by atoms with van der Waals surface area (Å²) in [6, 6.07) is 5.84. The number of nitrogens with zero attached hydrogens (tertiary/aromatic N) is 4. The first kappa shape index (κ1) is 21.3. The molecule has 3 atom stereocenters. The van der Waals surface area contributed by atoms with Gasteiger partial charge in [-0.1, -0.05) is 49.7 Å². The number of amides is 2. The van der Waals surface area contributed by atoms with Crippen molar-refractivity contribution in [1.29, 1.82) is 0 Å². The van der Waals surface area contributed by atoms with Crippen LogP contribution < -0.4 is 5.32 Å². The average molecular weight is 420 g/mol. The maximum absolute atomic E-state index is 13.5. The number of hydrogen-bond donors (Lipinski definition) is 2. The molecule has 0 bridgehead atoms. The highest BCUT2D eigenvalue weighted by Gasteiger charge is 2.45. The van der Waals surface area contributed by atoms with E-state index in [0.29, 0.717) is 10.7 Å². The van der Waals surface area contributed by atoms with Crippen molar-refractivity contribution in [2.24, 2.45) is 5.41 Å². The standard InChI is InChI=1S/C20H26ClN5O3/c1-20(2,3)17(19(29)25-10-14(27)9-16(25)18(28)22-4)26-11-15(23-24-26)12-6-5-7-13(21)8-12/h5-8,11,14,16-17,27H,9-10H2,1-4H3,(H,22,28)/t14?,16-,17?/m1/s1. The molecular weight excluding hydrogens is 394 g/mol. The van der Waals surface area contributed by atoms with E-state index in [9.17, 15) is 14.7 Å². The smallest absolute Gasteiger partial charge is 0.248 e. The third-order valence-electron chi connectivity index (χ3n) is 5.06. The van der Waals surface area contributed by atoms with Gasteiger partial charge in [-0.25, -0.2) is 4.68 Å². The fourth-order valence-corrected chi connectivity index (χ4v) is 3.88. The third-order valence-corrected chi connectivity index (χ3v) is 5.30. The monoisotopic (exact) mass is 419 g/mol. The normalized spacial score (nSPS) is 20.6. The van der Waals surface area contributed by atoms with Crippen LogP contribution in [0.1, 0.15) is 33.2 Å². The van der Waals surface area contributed by atoms with Gasteiger partial charge in [0.1, 0.15) is 17.8 Å². The number of aromatic nitrogens is 3. The maximum atomic E-state index is 13.5. The van der Waals surface area contributed by atoms with Crippen molar-refractivity contribution >= 4 is 23.4 Å². The number of aliphatic hydroxyl groups excluding tert-OH is 1. The Balaban J connectivity index is 1.95. The van der Waals surface area contributed by atoms with Gasteiger partial charge < -0.3 is 15.3 Å². The molecule has 0 saturated carbocycles. The van der Waals surface area contributed by atoms with Gasteiger partial charge >= 0.3 is 0 Å². The Morgan fingerprint density at radius 3 is 2.69 bits per heavy atom. The molecule has 1 saturated heterocycles. The number of carbonyl (C=O) groups is 2. The molecule has 8 nitrogen and oxygen atoms in total. The minimum atomic E-state index is -0.736. The van der Waals surface area contributed by atoms with Crippen molar-refractivity contribution in [2.75, 3.05) is 13.6 Å². The van der Waals surface area contributed by atoms with Crippen LogP contribution in [0.15, 0.2) is 30.5 Å². The van der Waals surface area contributed by atoms with Crippen LogP contribution in [0.5, 0.6) is 0 Å². The van der Waals surface area contributed by atoms with Gasteiger partial charge in [0, 0.05) is 30.6 Å². The van der Waals surface area contributed by atoms with Crippen LogP contribution >= 0.6 is 11.6 Å². The molecule has 29 heavy (non-hydrogen) atoms. The summed E-state index contributed by atoms with van der Waals surface area (Å²) in [6.45, 7) is 5.90. The minimum Gasteiger partial charge on any atom is -0.391 e. The van der Waals surface area contributed by atoms with Crippen LogP contribution in [0.25, 0.3) is 11.3 Å². The van der Waals surface area contributed by atoms with E-state index in [1.807, 2.05) is 32.9 Å². The van der Waals surface area contributed by atoms with Crippen molar-refractivity contribution in [3.63, 3.8) is 0 Å². The van der Waals surface area contributed by atoms with Crippen molar-refractivity contribution in [3.8, 4) is 11.3 Å². The molecule has 2 heterocycles. The second kappa shape index (κ2) is 8.12.